The quantitative estimate of drug-likeness (QED) is 0.456. The number of halogens is 2. The van der Waals surface area contributed by atoms with Gasteiger partial charge in [-0.25, -0.2) is 0 Å². The summed E-state index contributed by atoms with van der Waals surface area (Å²) < 4.78 is 0. The van der Waals surface area contributed by atoms with Crippen LogP contribution in [-0.4, -0.2) is 4.92 Å². The van der Waals surface area contributed by atoms with Gasteiger partial charge in [-0.1, -0.05) is 35.3 Å². The predicted molar refractivity (Wildman–Crippen MR) is 80.7 cm³/mol. The summed E-state index contributed by atoms with van der Waals surface area (Å²) in [6.45, 7) is 0. The van der Waals surface area contributed by atoms with Crippen LogP contribution in [-0.2, 0) is 0 Å². The predicted octanol–water partition coefficient (Wildman–Crippen LogP) is 4.94. The molecule has 0 amide bonds. The molecular weight excluding hydrogens is 319 g/mol. The molecule has 2 rings (SSSR count). The van der Waals surface area contributed by atoms with Gasteiger partial charge in [-0.2, -0.15) is 5.26 Å². The number of nitro benzene ring substituents is 1. The minimum Gasteiger partial charge on any atom is -0.258 e. The van der Waals surface area contributed by atoms with Crippen LogP contribution in [0.5, 0.6) is 0 Å². The Kier molecular flexibility index (Phi) is 4.40. The number of hydrogen-bond donors (Lipinski definition) is 0. The van der Waals surface area contributed by atoms with Crippen molar-refractivity contribution in [3.63, 3.8) is 0 Å². The molecule has 0 saturated heterocycles. The van der Waals surface area contributed by atoms with Gasteiger partial charge >= 0.3 is 0 Å². The van der Waals surface area contributed by atoms with Gasteiger partial charge in [0.2, 0.25) is 0 Å². The second-order valence-electron chi connectivity index (χ2n) is 3.67. The van der Waals surface area contributed by atoms with E-state index in [9.17, 15) is 15.4 Å². The molecule has 0 radical (unpaired) electrons. The molecule has 100 valence electrons. The molecule has 0 fully saturated rings. The van der Waals surface area contributed by atoms with Gasteiger partial charge in [0.1, 0.15) is 6.07 Å². The SMILES string of the molecule is N#CC(=C(Cl)c1c(Cl)cccc1[N+](=O)[O-])c1cccs1. The molecule has 1 aromatic carbocycles. The summed E-state index contributed by atoms with van der Waals surface area (Å²) in [5.41, 5.74) is -0.00421. The highest BCUT2D eigenvalue weighted by atomic mass is 35.5. The third-order valence-electron chi connectivity index (χ3n) is 2.51. The van der Waals surface area contributed by atoms with E-state index in [4.69, 9.17) is 23.2 Å². The fourth-order valence-corrected chi connectivity index (χ4v) is 3.08. The Hall–Kier alpha value is -1.87. The van der Waals surface area contributed by atoms with Crippen molar-refractivity contribution in [2.24, 2.45) is 0 Å². The first-order valence-electron chi connectivity index (χ1n) is 5.33. The number of allylic oxidation sites excluding steroid dienone is 1. The van der Waals surface area contributed by atoms with Crippen LogP contribution in [0.1, 0.15) is 10.4 Å². The normalized spacial score (nSPS) is 11.7. The van der Waals surface area contributed by atoms with Crippen molar-refractivity contribution >= 4 is 50.8 Å². The molecule has 4 nitrogen and oxygen atoms in total. The highest BCUT2D eigenvalue weighted by molar-refractivity contribution is 7.11. The number of nitriles is 1. The first-order valence-corrected chi connectivity index (χ1v) is 6.97. The summed E-state index contributed by atoms with van der Waals surface area (Å²) in [6.07, 6.45) is 0. The van der Waals surface area contributed by atoms with Gasteiger partial charge in [-0.3, -0.25) is 10.1 Å². The van der Waals surface area contributed by atoms with Crippen molar-refractivity contribution in [1.82, 2.24) is 0 Å². The lowest BCUT2D eigenvalue weighted by molar-refractivity contribution is -0.385. The van der Waals surface area contributed by atoms with Crippen molar-refractivity contribution in [2.45, 2.75) is 0 Å². The lowest BCUT2D eigenvalue weighted by Gasteiger charge is -2.06. The summed E-state index contributed by atoms with van der Waals surface area (Å²) in [6, 6.07) is 9.71. The number of hydrogen-bond acceptors (Lipinski definition) is 4. The topological polar surface area (TPSA) is 66.9 Å². The largest absolute Gasteiger partial charge is 0.279 e. The van der Waals surface area contributed by atoms with Gasteiger partial charge in [0.15, 0.2) is 0 Å². The van der Waals surface area contributed by atoms with E-state index in [-0.39, 0.29) is 26.9 Å². The van der Waals surface area contributed by atoms with Crippen molar-refractivity contribution < 1.29 is 4.92 Å². The van der Waals surface area contributed by atoms with Gasteiger partial charge in [0, 0.05) is 10.9 Å². The first-order chi connectivity index (χ1) is 9.56. The van der Waals surface area contributed by atoms with Gasteiger partial charge in [-0.15, -0.1) is 11.3 Å². The van der Waals surface area contributed by atoms with E-state index < -0.39 is 4.92 Å². The number of thiophene rings is 1. The van der Waals surface area contributed by atoms with E-state index in [0.29, 0.717) is 4.88 Å². The second-order valence-corrected chi connectivity index (χ2v) is 5.40. The maximum absolute atomic E-state index is 11.1. The zero-order valence-corrected chi connectivity index (χ0v) is 12.2. The average molecular weight is 325 g/mol. The maximum Gasteiger partial charge on any atom is 0.279 e. The Bertz CT molecular complexity index is 733. The molecule has 0 aliphatic rings. The summed E-state index contributed by atoms with van der Waals surface area (Å²) >= 11 is 13.5. The number of nitrogens with zero attached hydrogens (tertiary/aromatic N) is 2. The molecule has 1 aromatic heterocycles. The molecule has 0 bridgehead atoms. The summed E-state index contributed by atoms with van der Waals surface area (Å²) in [7, 11) is 0. The molecule has 0 aliphatic carbocycles. The fourth-order valence-electron chi connectivity index (χ4n) is 1.64. The third-order valence-corrected chi connectivity index (χ3v) is 4.09. The van der Waals surface area contributed by atoms with Crippen molar-refractivity contribution in [2.75, 3.05) is 0 Å². The highest BCUT2D eigenvalue weighted by Crippen LogP contribution is 2.39. The lowest BCUT2D eigenvalue weighted by Crippen LogP contribution is -1.95. The van der Waals surface area contributed by atoms with Crippen LogP contribution >= 0.6 is 34.5 Å². The fraction of sp³-hybridized carbons (Fsp3) is 0. The van der Waals surface area contributed by atoms with Gasteiger partial charge in [0.25, 0.3) is 5.69 Å². The van der Waals surface area contributed by atoms with E-state index in [1.807, 2.05) is 6.07 Å². The monoisotopic (exact) mass is 324 g/mol. The molecule has 1 heterocycles. The Morgan fingerprint density at radius 1 is 1.35 bits per heavy atom. The molecule has 0 aliphatic heterocycles. The summed E-state index contributed by atoms with van der Waals surface area (Å²) in [5.74, 6) is 0. The van der Waals surface area contributed by atoms with E-state index in [0.717, 1.165) is 0 Å². The summed E-state index contributed by atoms with van der Waals surface area (Å²) in [5, 5.41) is 22.2. The van der Waals surface area contributed by atoms with Gasteiger partial charge < -0.3 is 0 Å². The molecule has 7 heteroatoms. The minimum atomic E-state index is -0.576. The minimum absolute atomic E-state index is 0.0211. The second kappa shape index (κ2) is 6.06. The van der Waals surface area contributed by atoms with Crippen molar-refractivity contribution in [3.05, 3.63) is 61.3 Å². The van der Waals surface area contributed by atoms with Crippen LogP contribution in [0.3, 0.4) is 0 Å². The number of rotatable bonds is 3. The highest BCUT2D eigenvalue weighted by Gasteiger charge is 2.22. The number of nitro groups is 1. The molecule has 0 saturated carbocycles. The molecule has 2 aromatic rings. The van der Waals surface area contributed by atoms with E-state index >= 15 is 0 Å². The number of benzene rings is 1. The molecule has 0 unspecified atom stereocenters. The smallest absolute Gasteiger partial charge is 0.258 e. The molecule has 0 atom stereocenters. The maximum atomic E-state index is 11.1. The Labute approximate surface area is 128 Å². The zero-order valence-electron chi connectivity index (χ0n) is 9.84. The van der Waals surface area contributed by atoms with Crippen LogP contribution < -0.4 is 0 Å². The first kappa shape index (κ1) is 14.5. The van der Waals surface area contributed by atoms with Crippen LogP contribution in [0.4, 0.5) is 5.69 Å². The molecule has 0 spiro atoms. The Balaban J connectivity index is 2.73. The van der Waals surface area contributed by atoms with Gasteiger partial charge in [0.05, 0.1) is 26.1 Å². The standard InChI is InChI=1S/C13H6Cl2N2O2S/c14-9-3-1-4-10(17(18)19)12(9)13(15)8(7-16)11-5-2-6-20-11/h1-6H. The van der Waals surface area contributed by atoms with Crippen LogP contribution in [0, 0.1) is 21.4 Å². The van der Waals surface area contributed by atoms with E-state index in [1.165, 1.54) is 29.5 Å². The lowest BCUT2D eigenvalue weighted by atomic mass is 10.1. The summed E-state index contributed by atoms with van der Waals surface area (Å²) in [4.78, 5) is 11.1. The third kappa shape index (κ3) is 2.68. The zero-order chi connectivity index (χ0) is 14.7. The molecular formula is C13H6Cl2N2O2S. The van der Waals surface area contributed by atoms with E-state index in [2.05, 4.69) is 0 Å². The van der Waals surface area contributed by atoms with Crippen LogP contribution in [0.2, 0.25) is 5.02 Å². The molecule has 20 heavy (non-hydrogen) atoms. The van der Waals surface area contributed by atoms with Gasteiger partial charge in [-0.05, 0) is 17.5 Å². The van der Waals surface area contributed by atoms with Crippen LogP contribution in [0.25, 0.3) is 10.6 Å². The Morgan fingerprint density at radius 2 is 2.10 bits per heavy atom. The van der Waals surface area contributed by atoms with E-state index in [1.54, 1.807) is 17.5 Å². The van der Waals surface area contributed by atoms with Crippen LogP contribution in [0.15, 0.2) is 35.7 Å². The van der Waals surface area contributed by atoms with Crippen molar-refractivity contribution in [1.29, 1.82) is 5.26 Å². The van der Waals surface area contributed by atoms with Crippen molar-refractivity contribution in [3.8, 4) is 6.07 Å². The average Bonchev–Trinajstić information content (AvgIpc) is 2.92. The molecule has 0 N–H and O–H groups in total. The Morgan fingerprint density at radius 3 is 2.65 bits per heavy atom.